The first-order valence-corrected chi connectivity index (χ1v) is 8.42. The quantitative estimate of drug-likeness (QED) is 0.522. The minimum atomic E-state index is 0.499. The third kappa shape index (κ3) is 4.24. The first kappa shape index (κ1) is 15.8. The highest BCUT2D eigenvalue weighted by Gasteiger charge is 2.05. The highest BCUT2D eigenvalue weighted by molar-refractivity contribution is 9.10. The fourth-order valence-corrected chi connectivity index (χ4v) is 2.83. The molecule has 0 aliphatic heterocycles. The summed E-state index contributed by atoms with van der Waals surface area (Å²) in [5, 5.41) is 11.6. The molecule has 0 unspecified atom stereocenters. The van der Waals surface area contributed by atoms with Crippen LogP contribution >= 0.6 is 28.1 Å². The lowest BCUT2D eigenvalue weighted by Gasteiger charge is -2.02. The van der Waals surface area contributed by atoms with Gasteiger partial charge in [-0.1, -0.05) is 58.4 Å². The maximum atomic E-state index is 5.27. The lowest BCUT2D eigenvalue weighted by atomic mass is 10.1. The molecular weight excluding hydrogens is 372 g/mol. The second-order valence-corrected chi connectivity index (χ2v) is 6.34. The molecule has 1 N–H and O–H groups in total. The van der Waals surface area contributed by atoms with E-state index in [1.165, 1.54) is 5.56 Å². The van der Waals surface area contributed by atoms with Gasteiger partial charge in [0.2, 0.25) is 4.77 Å². The van der Waals surface area contributed by atoms with Gasteiger partial charge in [0, 0.05) is 10.9 Å². The molecule has 2 aromatic carbocycles. The molecule has 0 saturated heterocycles. The van der Waals surface area contributed by atoms with Crippen molar-refractivity contribution < 1.29 is 0 Å². The molecule has 1 heterocycles. The number of benzene rings is 2. The van der Waals surface area contributed by atoms with Crippen molar-refractivity contribution in [2.45, 2.75) is 12.8 Å². The lowest BCUT2D eigenvalue weighted by molar-refractivity contribution is 0.750. The Bertz CT molecular complexity index is 868. The number of nitrogens with one attached hydrogen (secondary N) is 1. The van der Waals surface area contributed by atoms with E-state index in [2.05, 4.69) is 43.4 Å². The highest BCUT2D eigenvalue weighted by Crippen LogP contribution is 2.11. The zero-order valence-corrected chi connectivity index (χ0v) is 14.7. The number of halogens is 1. The van der Waals surface area contributed by atoms with Crippen molar-refractivity contribution in [3.05, 3.63) is 80.8 Å². The van der Waals surface area contributed by atoms with Crippen LogP contribution in [-0.4, -0.2) is 21.1 Å². The van der Waals surface area contributed by atoms with Gasteiger partial charge in [0.15, 0.2) is 5.82 Å². The van der Waals surface area contributed by atoms with Crippen molar-refractivity contribution in [2.24, 2.45) is 5.10 Å². The first-order valence-electron chi connectivity index (χ1n) is 7.22. The molecule has 0 radical (unpaired) electrons. The summed E-state index contributed by atoms with van der Waals surface area (Å²) in [6.07, 6.45) is 3.45. The number of aromatic nitrogens is 3. The van der Waals surface area contributed by atoms with Crippen LogP contribution in [0.25, 0.3) is 0 Å². The molecule has 0 aliphatic rings. The summed E-state index contributed by atoms with van der Waals surface area (Å²) in [4.78, 5) is 0. The van der Waals surface area contributed by atoms with E-state index in [9.17, 15) is 0 Å². The summed E-state index contributed by atoms with van der Waals surface area (Å²) < 4.78 is 3.19. The van der Waals surface area contributed by atoms with E-state index < -0.39 is 0 Å². The molecule has 116 valence electrons. The smallest absolute Gasteiger partial charge is 0.216 e. The van der Waals surface area contributed by atoms with Crippen LogP contribution in [0.15, 0.2) is 64.2 Å². The zero-order chi connectivity index (χ0) is 16.1. The second-order valence-electron chi connectivity index (χ2n) is 5.04. The van der Waals surface area contributed by atoms with Crippen molar-refractivity contribution in [3.8, 4) is 0 Å². The molecule has 0 aliphatic carbocycles. The van der Waals surface area contributed by atoms with Gasteiger partial charge in [-0.2, -0.15) is 14.9 Å². The number of aryl methyl sites for hydroxylation is 2. The minimum Gasteiger partial charge on any atom is -0.250 e. The molecule has 0 saturated carbocycles. The Hall–Kier alpha value is -2.05. The third-order valence-electron chi connectivity index (χ3n) is 3.37. The van der Waals surface area contributed by atoms with E-state index in [0.717, 1.165) is 28.7 Å². The van der Waals surface area contributed by atoms with Gasteiger partial charge in [-0.15, -0.1) is 0 Å². The normalized spacial score (nSPS) is 11.2. The molecule has 0 bridgehead atoms. The average Bonchev–Trinajstić information content (AvgIpc) is 2.92. The maximum absolute atomic E-state index is 5.27. The van der Waals surface area contributed by atoms with Crippen molar-refractivity contribution in [3.63, 3.8) is 0 Å². The predicted molar refractivity (Wildman–Crippen MR) is 98.4 cm³/mol. The molecule has 0 spiro atoms. The average molecular weight is 387 g/mol. The Morgan fingerprint density at radius 3 is 2.74 bits per heavy atom. The molecule has 23 heavy (non-hydrogen) atoms. The standard InChI is InChI=1S/C17H15BrN4S/c18-15-8-4-7-14(11-15)12-19-22-16(20-21-17(22)23)10-9-13-5-2-1-3-6-13/h1-8,11-12H,9-10H2,(H,21,23)/b19-12-. The molecular formula is C17H15BrN4S. The van der Waals surface area contributed by atoms with Crippen LogP contribution in [0.3, 0.4) is 0 Å². The molecule has 0 amide bonds. The summed E-state index contributed by atoms with van der Waals surface area (Å²) >= 11 is 8.72. The minimum absolute atomic E-state index is 0.499. The number of hydrogen-bond acceptors (Lipinski definition) is 3. The predicted octanol–water partition coefficient (Wildman–Crippen LogP) is 4.37. The SMILES string of the molecule is S=c1[nH]nc(CCc2ccccc2)n1/N=C\c1cccc(Br)c1. The fraction of sp³-hybridized carbons (Fsp3) is 0.118. The van der Waals surface area contributed by atoms with Crippen molar-refractivity contribution in [2.75, 3.05) is 0 Å². The van der Waals surface area contributed by atoms with Crippen LogP contribution in [0.1, 0.15) is 17.0 Å². The summed E-state index contributed by atoms with van der Waals surface area (Å²) in [7, 11) is 0. The van der Waals surface area contributed by atoms with Gasteiger partial charge in [0.1, 0.15) is 0 Å². The van der Waals surface area contributed by atoms with Crippen LogP contribution in [-0.2, 0) is 12.8 Å². The monoisotopic (exact) mass is 386 g/mol. The van der Waals surface area contributed by atoms with Gasteiger partial charge in [-0.25, -0.2) is 0 Å². The van der Waals surface area contributed by atoms with E-state index in [1.807, 2.05) is 42.5 Å². The Morgan fingerprint density at radius 1 is 1.13 bits per heavy atom. The topological polar surface area (TPSA) is 46.0 Å². The summed E-state index contributed by atoms with van der Waals surface area (Å²) in [6.45, 7) is 0. The van der Waals surface area contributed by atoms with Gasteiger partial charge in [0.05, 0.1) is 6.21 Å². The summed E-state index contributed by atoms with van der Waals surface area (Å²) in [5.74, 6) is 0.824. The number of hydrogen-bond donors (Lipinski definition) is 1. The maximum Gasteiger partial charge on any atom is 0.216 e. The number of rotatable bonds is 5. The Balaban J connectivity index is 1.77. The van der Waals surface area contributed by atoms with E-state index in [-0.39, 0.29) is 0 Å². The number of H-pyrrole nitrogens is 1. The van der Waals surface area contributed by atoms with E-state index in [1.54, 1.807) is 10.9 Å². The van der Waals surface area contributed by atoms with E-state index >= 15 is 0 Å². The Labute approximate surface area is 148 Å². The van der Waals surface area contributed by atoms with Crippen LogP contribution < -0.4 is 0 Å². The Kier molecular flexibility index (Phi) is 5.15. The lowest BCUT2D eigenvalue weighted by Crippen LogP contribution is -2.01. The van der Waals surface area contributed by atoms with Crippen LogP contribution in [0, 0.1) is 4.77 Å². The van der Waals surface area contributed by atoms with Crippen LogP contribution in [0.5, 0.6) is 0 Å². The van der Waals surface area contributed by atoms with Crippen LogP contribution in [0.2, 0.25) is 0 Å². The molecule has 0 fully saturated rings. The summed E-state index contributed by atoms with van der Waals surface area (Å²) in [5.41, 5.74) is 2.26. The Morgan fingerprint density at radius 2 is 1.96 bits per heavy atom. The van der Waals surface area contributed by atoms with Gasteiger partial charge in [-0.05, 0) is 41.9 Å². The number of nitrogens with zero attached hydrogens (tertiary/aromatic N) is 3. The molecule has 3 aromatic rings. The molecule has 0 atom stereocenters. The van der Waals surface area contributed by atoms with E-state index in [4.69, 9.17) is 12.2 Å². The molecule has 6 heteroatoms. The van der Waals surface area contributed by atoms with Gasteiger partial charge >= 0.3 is 0 Å². The fourth-order valence-electron chi connectivity index (χ4n) is 2.22. The van der Waals surface area contributed by atoms with Crippen LogP contribution in [0.4, 0.5) is 0 Å². The molecule has 1 aromatic heterocycles. The van der Waals surface area contributed by atoms with Gasteiger partial charge in [0.25, 0.3) is 0 Å². The second kappa shape index (κ2) is 7.48. The largest absolute Gasteiger partial charge is 0.250 e. The van der Waals surface area contributed by atoms with Crippen molar-refractivity contribution in [1.29, 1.82) is 0 Å². The van der Waals surface area contributed by atoms with E-state index in [0.29, 0.717) is 4.77 Å². The first-order chi connectivity index (χ1) is 11.2. The van der Waals surface area contributed by atoms with Gasteiger partial charge in [-0.3, -0.25) is 5.10 Å². The molecule has 4 nitrogen and oxygen atoms in total. The third-order valence-corrected chi connectivity index (χ3v) is 4.13. The van der Waals surface area contributed by atoms with Gasteiger partial charge < -0.3 is 0 Å². The van der Waals surface area contributed by atoms with Crippen molar-refractivity contribution >= 4 is 34.4 Å². The highest BCUT2D eigenvalue weighted by atomic mass is 79.9. The summed E-state index contributed by atoms with van der Waals surface area (Å²) in [6, 6.07) is 18.2. The zero-order valence-electron chi connectivity index (χ0n) is 12.3. The number of aromatic amines is 1. The van der Waals surface area contributed by atoms with Crippen molar-refractivity contribution in [1.82, 2.24) is 14.9 Å². The molecule has 3 rings (SSSR count).